The Morgan fingerprint density at radius 3 is 2.62 bits per heavy atom. The topological polar surface area (TPSA) is 58.6 Å². The van der Waals surface area contributed by atoms with Gasteiger partial charge in [0.2, 0.25) is 0 Å². The van der Waals surface area contributed by atoms with Gasteiger partial charge in [-0.1, -0.05) is 0 Å². The molecule has 5 nitrogen and oxygen atoms in total. The summed E-state index contributed by atoms with van der Waals surface area (Å²) in [4.78, 5) is 27.4. The Morgan fingerprint density at radius 2 is 2.00 bits per heavy atom. The zero-order valence-electron chi connectivity index (χ0n) is 12.6. The van der Waals surface area contributed by atoms with Crippen LogP contribution in [-0.2, 0) is 11.2 Å². The van der Waals surface area contributed by atoms with E-state index in [-0.39, 0.29) is 17.2 Å². The number of nitrogens with zero attached hydrogens (tertiary/aromatic N) is 1. The average Bonchev–Trinajstić information content (AvgIpc) is 2.78. The molecule has 0 spiro atoms. The first-order valence-electron chi connectivity index (χ1n) is 7.21. The molecule has 0 saturated carbocycles. The summed E-state index contributed by atoms with van der Waals surface area (Å²) in [5.74, 6) is -0.0206. The molecule has 1 amide bonds. The molecule has 2 aliphatic heterocycles. The largest absolute Gasteiger partial charge is 0.378 e. The number of anilines is 1. The molecule has 1 aromatic rings. The van der Waals surface area contributed by atoms with Crippen LogP contribution in [0.3, 0.4) is 0 Å². The molecule has 2 aliphatic rings. The molecular formula is C15H20N2O3S. The number of Topliss-reactive ketones (excluding diaryl/α,β-unsaturated/α-hetero) is 1. The van der Waals surface area contributed by atoms with E-state index in [0.717, 1.165) is 29.2 Å². The van der Waals surface area contributed by atoms with Crippen LogP contribution in [0.1, 0.15) is 46.4 Å². The molecule has 21 heavy (non-hydrogen) atoms. The van der Waals surface area contributed by atoms with E-state index in [1.54, 1.807) is 6.92 Å². The van der Waals surface area contributed by atoms with Gasteiger partial charge < -0.3 is 15.0 Å². The smallest absolute Gasteiger partial charge is 0.262 e. The van der Waals surface area contributed by atoms with Crippen molar-refractivity contribution in [1.82, 2.24) is 5.32 Å². The van der Waals surface area contributed by atoms with Gasteiger partial charge >= 0.3 is 0 Å². The van der Waals surface area contributed by atoms with Crippen molar-refractivity contribution in [2.24, 2.45) is 0 Å². The van der Waals surface area contributed by atoms with Gasteiger partial charge in [-0.3, -0.25) is 9.59 Å². The summed E-state index contributed by atoms with van der Waals surface area (Å²) in [6, 6.07) is 0. The average molecular weight is 308 g/mol. The molecule has 6 heteroatoms. The van der Waals surface area contributed by atoms with Crippen LogP contribution in [0.4, 0.5) is 5.00 Å². The second-order valence-corrected chi connectivity index (χ2v) is 7.26. The fourth-order valence-electron chi connectivity index (χ4n) is 3.01. The first kappa shape index (κ1) is 14.5. The number of amides is 1. The van der Waals surface area contributed by atoms with Crippen molar-refractivity contribution in [2.45, 2.75) is 32.7 Å². The van der Waals surface area contributed by atoms with E-state index in [2.05, 4.69) is 10.2 Å². The number of thiophene rings is 1. The third kappa shape index (κ3) is 2.58. The van der Waals surface area contributed by atoms with Crippen LogP contribution in [-0.4, -0.2) is 43.5 Å². The van der Waals surface area contributed by atoms with Gasteiger partial charge in [-0.15, -0.1) is 11.3 Å². The van der Waals surface area contributed by atoms with Gasteiger partial charge in [0.1, 0.15) is 5.00 Å². The molecule has 3 rings (SSSR count). The summed E-state index contributed by atoms with van der Waals surface area (Å²) >= 11 is 1.44. The van der Waals surface area contributed by atoms with Gasteiger partial charge in [0.15, 0.2) is 5.78 Å². The quantitative estimate of drug-likeness (QED) is 0.847. The molecule has 0 aromatic carbocycles. The van der Waals surface area contributed by atoms with Crippen LogP contribution in [0.2, 0.25) is 0 Å². The number of nitrogens with one attached hydrogen (secondary N) is 1. The highest BCUT2D eigenvalue weighted by atomic mass is 32.1. The number of ketones is 1. The minimum Gasteiger partial charge on any atom is -0.378 e. The van der Waals surface area contributed by atoms with Gasteiger partial charge in [0.25, 0.3) is 5.91 Å². The number of carbonyl (C=O) groups excluding carboxylic acids is 2. The lowest BCUT2D eigenvalue weighted by Gasteiger charge is -2.31. The lowest BCUT2D eigenvalue weighted by Crippen LogP contribution is -2.48. The highest BCUT2D eigenvalue weighted by Crippen LogP contribution is 2.40. The third-order valence-electron chi connectivity index (χ3n) is 3.92. The standard InChI is InChI=1S/C15H20N2O3S/c1-9(18)11-10-8-15(2,3)16-13(19)12(10)21-14(11)17-4-6-20-7-5-17/h4-8H2,1-3H3,(H,16,19). The summed E-state index contributed by atoms with van der Waals surface area (Å²) in [6.07, 6.45) is 0.698. The van der Waals surface area contributed by atoms with Gasteiger partial charge in [-0.05, 0) is 32.8 Å². The highest BCUT2D eigenvalue weighted by molar-refractivity contribution is 7.18. The first-order valence-corrected chi connectivity index (χ1v) is 8.02. The molecule has 3 heterocycles. The van der Waals surface area contributed by atoms with Crippen LogP contribution >= 0.6 is 11.3 Å². The normalized spacial score (nSPS) is 20.9. The number of rotatable bonds is 2. The van der Waals surface area contributed by atoms with E-state index >= 15 is 0 Å². The van der Waals surface area contributed by atoms with Crippen molar-refractivity contribution in [3.05, 3.63) is 16.0 Å². The second kappa shape index (κ2) is 5.10. The Labute approximate surface area is 128 Å². The van der Waals surface area contributed by atoms with Gasteiger partial charge in [0, 0.05) is 18.6 Å². The van der Waals surface area contributed by atoms with Crippen LogP contribution in [0, 0.1) is 0 Å². The van der Waals surface area contributed by atoms with E-state index < -0.39 is 0 Å². The van der Waals surface area contributed by atoms with Crippen molar-refractivity contribution < 1.29 is 14.3 Å². The molecule has 1 N–H and O–H groups in total. The summed E-state index contributed by atoms with van der Waals surface area (Å²) in [7, 11) is 0. The summed E-state index contributed by atoms with van der Waals surface area (Å²) < 4.78 is 5.38. The van der Waals surface area contributed by atoms with Crippen LogP contribution in [0.15, 0.2) is 0 Å². The Bertz CT molecular complexity index is 600. The molecule has 0 bridgehead atoms. The molecule has 1 fully saturated rings. The fraction of sp³-hybridized carbons (Fsp3) is 0.600. The van der Waals surface area contributed by atoms with Crippen molar-refractivity contribution in [1.29, 1.82) is 0 Å². The number of ether oxygens (including phenoxy) is 1. The van der Waals surface area contributed by atoms with Crippen molar-refractivity contribution in [2.75, 3.05) is 31.2 Å². The summed E-state index contributed by atoms with van der Waals surface area (Å²) in [5.41, 5.74) is 1.35. The van der Waals surface area contributed by atoms with E-state index in [0.29, 0.717) is 24.5 Å². The molecule has 1 aromatic heterocycles. The molecule has 0 aliphatic carbocycles. The maximum absolute atomic E-state index is 12.3. The first-order chi connectivity index (χ1) is 9.89. The van der Waals surface area contributed by atoms with Crippen molar-refractivity contribution >= 4 is 28.0 Å². The summed E-state index contributed by atoms with van der Waals surface area (Å²) in [5, 5.41) is 3.95. The predicted molar refractivity (Wildman–Crippen MR) is 82.6 cm³/mol. The number of hydrogen-bond donors (Lipinski definition) is 1. The zero-order valence-corrected chi connectivity index (χ0v) is 13.4. The van der Waals surface area contributed by atoms with Gasteiger partial charge in [0.05, 0.1) is 23.7 Å². The Hall–Kier alpha value is -1.40. The van der Waals surface area contributed by atoms with Crippen molar-refractivity contribution in [3.8, 4) is 0 Å². The third-order valence-corrected chi connectivity index (χ3v) is 5.21. The van der Waals surface area contributed by atoms with Crippen LogP contribution in [0.5, 0.6) is 0 Å². The second-order valence-electron chi connectivity index (χ2n) is 6.26. The summed E-state index contributed by atoms with van der Waals surface area (Å²) in [6.45, 7) is 8.43. The zero-order chi connectivity index (χ0) is 15.2. The minimum absolute atomic E-state index is 0.0412. The number of hydrogen-bond acceptors (Lipinski definition) is 5. The molecular weight excluding hydrogens is 288 g/mol. The number of carbonyl (C=O) groups is 2. The fourth-order valence-corrected chi connectivity index (χ4v) is 4.32. The molecule has 1 saturated heterocycles. The lowest BCUT2D eigenvalue weighted by atomic mass is 9.88. The van der Waals surface area contributed by atoms with E-state index in [1.165, 1.54) is 11.3 Å². The highest BCUT2D eigenvalue weighted by Gasteiger charge is 2.37. The van der Waals surface area contributed by atoms with E-state index in [4.69, 9.17) is 4.74 Å². The SMILES string of the molecule is CC(=O)c1c(N2CCOCC2)sc2c1CC(C)(C)NC2=O. The van der Waals surface area contributed by atoms with E-state index in [9.17, 15) is 9.59 Å². The predicted octanol–water partition coefficient (Wildman–Crippen LogP) is 1.85. The van der Waals surface area contributed by atoms with E-state index in [1.807, 2.05) is 13.8 Å². The van der Waals surface area contributed by atoms with Crippen molar-refractivity contribution in [3.63, 3.8) is 0 Å². The number of fused-ring (bicyclic) bond motifs is 1. The molecule has 0 radical (unpaired) electrons. The molecule has 114 valence electrons. The monoisotopic (exact) mass is 308 g/mol. The van der Waals surface area contributed by atoms with Gasteiger partial charge in [-0.2, -0.15) is 0 Å². The maximum atomic E-state index is 12.3. The maximum Gasteiger partial charge on any atom is 0.262 e. The lowest BCUT2D eigenvalue weighted by molar-refractivity contribution is 0.0902. The Morgan fingerprint density at radius 1 is 1.33 bits per heavy atom. The minimum atomic E-state index is -0.308. The van der Waals surface area contributed by atoms with Crippen LogP contribution in [0.25, 0.3) is 0 Å². The Balaban J connectivity index is 2.10. The molecule has 0 atom stereocenters. The Kier molecular flexibility index (Phi) is 3.53. The van der Waals surface area contributed by atoms with Gasteiger partial charge in [-0.25, -0.2) is 0 Å². The molecule has 0 unspecified atom stereocenters. The van der Waals surface area contributed by atoms with Crippen LogP contribution < -0.4 is 10.2 Å². The number of morpholine rings is 1.